The van der Waals surface area contributed by atoms with Crippen molar-refractivity contribution in [1.29, 1.82) is 0 Å². The first-order valence-corrected chi connectivity index (χ1v) is 36.8. The summed E-state index contributed by atoms with van der Waals surface area (Å²) in [6.45, 7) is 3.84. The van der Waals surface area contributed by atoms with Gasteiger partial charge in [0.1, 0.15) is 11.5 Å². The standard InChI is InChI=1S/2C39H41N3O9S.2K/c2*1-3-42(31-19-15-28(16-20-31)39(47)48)52(49,50)33-6-4-5-29(23-33)36(43)41-35-22-21-32(51-2)24-34(35)37(44)40-30-17-11-26(12-18-30)8-7-25-9-13-27(14-10-25)38(45)46;;/h2*4-6,9-14,17-18,21-24,28,31H,3,7-8,15-16,19-20H2,1-2H3,(H,40,44)(H,41,43)(H,45,46)(H,47,48);;/q;;2*+1/p-2. The molecule has 0 bridgehead atoms. The van der Waals surface area contributed by atoms with E-state index in [2.05, 4.69) is 21.3 Å². The van der Waals surface area contributed by atoms with Crippen LogP contribution in [-0.2, 0) is 55.3 Å². The summed E-state index contributed by atoms with van der Waals surface area (Å²) in [6, 6.07) is 47.5. The summed E-state index contributed by atoms with van der Waals surface area (Å²) in [5.74, 6) is -6.65. The van der Waals surface area contributed by atoms with Crippen LogP contribution in [0.5, 0.6) is 11.5 Å². The molecule has 0 spiro atoms. The summed E-state index contributed by atoms with van der Waals surface area (Å²) in [5.41, 5.74) is 5.99. The first-order valence-electron chi connectivity index (χ1n) is 33.9. The van der Waals surface area contributed by atoms with Crippen molar-refractivity contribution < 1.29 is 188 Å². The topological polar surface area (TPSA) is 364 Å². The van der Waals surface area contributed by atoms with Gasteiger partial charge in [-0.3, -0.25) is 28.8 Å². The number of nitrogens with one attached hydrogen (secondary N) is 4. The third-order valence-corrected chi connectivity index (χ3v) is 22.6. The fraction of sp³-hybridized carbons (Fsp3) is 0.282. The molecule has 0 atom stereocenters. The van der Waals surface area contributed by atoms with Crippen molar-refractivity contribution >= 4 is 90.3 Å². The van der Waals surface area contributed by atoms with Gasteiger partial charge in [-0.15, -0.1) is 0 Å². The van der Waals surface area contributed by atoms with Crippen molar-refractivity contribution in [2.75, 3.05) is 48.6 Å². The number of aromatic carboxylic acids is 2. The van der Waals surface area contributed by atoms with E-state index in [4.69, 9.17) is 9.47 Å². The summed E-state index contributed by atoms with van der Waals surface area (Å²) in [4.78, 5) is 98.7. The molecule has 6 N–H and O–H groups in total. The van der Waals surface area contributed by atoms with Gasteiger partial charge in [0.15, 0.2) is 0 Å². The van der Waals surface area contributed by atoms with Gasteiger partial charge in [0, 0.05) is 47.7 Å². The molecule has 2 aliphatic carbocycles. The van der Waals surface area contributed by atoms with Crippen LogP contribution in [0.4, 0.5) is 22.7 Å². The molecule has 2 saturated carbocycles. The van der Waals surface area contributed by atoms with E-state index in [0.717, 1.165) is 22.3 Å². The zero-order valence-electron chi connectivity index (χ0n) is 59.7. The van der Waals surface area contributed by atoms with Gasteiger partial charge >= 0.3 is 115 Å². The van der Waals surface area contributed by atoms with Crippen LogP contribution in [0.25, 0.3) is 0 Å². The molecule has 8 aromatic carbocycles. The molecule has 28 heteroatoms. The monoisotopic (exact) mass is 1530 g/mol. The van der Waals surface area contributed by atoms with Gasteiger partial charge in [0.25, 0.3) is 23.6 Å². The number of aliphatic carboxylic acids is 2. The Morgan fingerprint density at radius 1 is 0.406 bits per heavy atom. The van der Waals surface area contributed by atoms with Crippen LogP contribution >= 0.6 is 0 Å². The molecule has 0 aliphatic heterocycles. The van der Waals surface area contributed by atoms with Crippen LogP contribution in [0.1, 0.15) is 150 Å². The van der Waals surface area contributed by atoms with E-state index in [-0.39, 0.29) is 182 Å². The Labute approximate surface area is 701 Å². The minimum absolute atomic E-state index is 0. The molecule has 8 aromatic rings. The molecule has 0 saturated heterocycles. The molecule has 2 fully saturated rings. The number of hydrogen-bond acceptors (Lipinski definition) is 16. The number of carboxylic acid groups (broad SMARTS) is 4. The number of amides is 4. The molecule has 2 aliphatic rings. The number of carbonyl (C=O) groups is 8. The predicted molar refractivity (Wildman–Crippen MR) is 386 cm³/mol. The van der Waals surface area contributed by atoms with Crippen molar-refractivity contribution in [2.24, 2.45) is 11.8 Å². The smallest absolute Gasteiger partial charge is 0.545 e. The van der Waals surface area contributed by atoms with E-state index in [1.165, 1.54) is 120 Å². The summed E-state index contributed by atoms with van der Waals surface area (Å²) < 4.78 is 68.4. The van der Waals surface area contributed by atoms with Gasteiger partial charge in [-0.2, -0.15) is 8.61 Å². The van der Waals surface area contributed by atoms with E-state index in [1.54, 1.807) is 74.5 Å². The first-order chi connectivity index (χ1) is 49.8. The fourth-order valence-electron chi connectivity index (χ4n) is 12.7. The van der Waals surface area contributed by atoms with Crippen molar-refractivity contribution in [3.63, 3.8) is 0 Å². The number of hydrogen-bond donors (Lipinski definition) is 6. The molecule has 0 radical (unpaired) electrons. The van der Waals surface area contributed by atoms with Crippen molar-refractivity contribution in [3.05, 3.63) is 238 Å². The number of carbonyl (C=O) groups excluding carboxylic acids is 6. The Morgan fingerprint density at radius 2 is 0.717 bits per heavy atom. The Bertz CT molecular complexity index is 4390. The fourth-order valence-corrected chi connectivity index (χ4v) is 16.2. The maximum absolute atomic E-state index is 13.7. The molecule has 0 aromatic heterocycles. The minimum atomic E-state index is -4.00. The SMILES string of the molecule is CCN(C1CCC(C(=O)O)CC1)S(=O)(=O)c1cccc(C(=O)Nc2ccc(OC)cc2C(=O)Nc2ccc(CCc3ccc(C(=O)[O-])cc3)cc2)c1.CCN(C1CCC(C(=O)O)CC1)S(=O)(=O)c1cccc(C(=O)Nc2ccc(OC)cc2C(=O)Nc2ccc(CCc3ccc(C(=O)[O-])cc3)cc2)c1.[K+].[K+]. The van der Waals surface area contributed by atoms with Gasteiger partial charge in [-0.1, -0.05) is 98.8 Å². The Hall–Kier alpha value is -7.79. The molecule has 24 nitrogen and oxygen atoms in total. The number of benzene rings is 8. The Balaban J connectivity index is 0.000000290. The Morgan fingerprint density at radius 3 is 1.00 bits per heavy atom. The van der Waals surface area contributed by atoms with Crippen LogP contribution in [0, 0.1) is 11.8 Å². The van der Waals surface area contributed by atoms with Crippen molar-refractivity contribution in [2.45, 2.75) is 113 Å². The molecule has 4 amide bonds. The van der Waals surface area contributed by atoms with Gasteiger partial charge in [-0.25, -0.2) is 16.8 Å². The summed E-state index contributed by atoms with van der Waals surface area (Å²) in [7, 11) is -5.10. The zero-order valence-corrected chi connectivity index (χ0v) is 67.5. The molecule has 0 unspecified atom stereocenters. The number of methoxy groups -OCH3 is 2. The summed E-state index contributed by atoms with van der Waals surface area (Å²) >= 11 is 0. The quantitative estimate of drug-likeness (QED) is 0.0377. The average molecular weight is 1530 g/mol. The number of sulfonamides is 2. The molecule has 106 heavy (non-hydrogen) atoms. The van der Waals surface area contributed by atoms with Crippen molar-refractivity contribution in [3.8, 4) is 11.5 Å². The summed E-state index contributed by atoms with van der Waals surface area (Å²) in [5, 5.41) is 51.8. The van der Waals surface area contributed by atoms with Crippen LogP contribution in [0.3, 0.4) is 0 Å². The van der Waals surface area contributed by atoms with E-state index in [0.29, 0.717) is 99.9 Å². The maximum Gasteiger partial charge on any atom is 1.00 e. The van der Waals surface area contributed by atoms with Crippen LogP contribution in [-0.4, -0.2) is 123 Å². The second-order valence-electron chi connectivity index (χ2n) is 25.2. The molecule has 0 heterocycles. The largest absolute Gasteiger partial charge is 1.00 e. The normalized spacial score (nSPS) is 15.5. The second kappa shape index (κ2) is 39.9. The third kappa shape index (κ3) is 22.7. The number of anilines is 4. The summed E-state index contributed by atoms with van der Waals surface area (Å²) in [6.07, 6.45) is 6.06. The predicted octanol–water partition coefficient (Wildman–Crippen LogP) is 4.01. The van der Waals surface area contributed by atoms with E-state index in [1.807, 2.05) is 24.3 Å². The van der Waals surface area contributed by atoms with E-state index >= 15 is 0 Å². The maximum atomic E-state index is 13.7. The molecule has 544 valence electrons. The van der Waals surface area contributed by atoms with Crippen LogP contribution in [0.15, 0.2) is 192 Å². The number of ether oxygens (including phenoxy) is 2. The first kappa shape index (κ1) is 85.5. The molecular formula is C78H80K2N6O18S2. The van der Waals surface area contributed by atoms with Crippen LogP contribution in [0.2, 0.25) is 0 Å². The van der Waals surface area contributed by atoms with Gasteiger partial charge in [0.2, 0.25) is 20.0 Å². The number of nitrogens with zero attached hydrogens (tertiary/aromatic N) is 2. The van der Waals surface area contributed by atoms with Crippen molar-refractivity contribution in [1.82, 2.24) is 8.61 Å². The molecular weight excluding hydrogens is 1450 g/mol. The second-order valence-corrected chi connectivity index (χ2v) is 28.9. The Kier molecular flexibility index (Phi) is 32.2. The van der Waals surface area contributed by atoms with Gasteiger partial charge < -0.3 is 60.8 Å². The number of carboxylic acids is 4. The molecule has 10 rings (SSSR count). The minimum Gasteiger partial charge on any atom is -0.545 e. The number of aryl methyl sites for hydroxylation is 4. The van der Waals surface area contributed by atoms with E-state index in [9.17, 15) is 75.6 Å². The third-order valence-electron chi connectivity index (χ3n) is 18.6. The van der Waals surface area contributed by atoms with Crippen LogP contribution < -0.4 is 144 Å². The zero-order chi connectivity index (χ0) is 74.8. The van der Waals surface area contributed by atoms with Gasteiger partial charge in [0.05, 0.1) is 70.3 Å². The number of rotatable bonds is 28. The van der Waals surface area contributed by atoms with Gasteiger partial charge in [-0.05, 0) is 207 Å². The average Bonchev–Trinajstić information content (AvgIpc) is 0.789. The van der Waals surface area contributed by atoms with E-state index < -0.39 is 79.4 Å².